The lowest BCUT2D eigenvalue weighted by atomic mass is 10.3. The Labute approximate surface area is 96.9 Å². The van der Waals surface area contributed by atoms with Crippen molar-refractivity contribution in [1.29, 1.82) is 0 Å². The van der Waals surface area contributed by atoms with E-state index in [1.165, 1.54) is 0 Å². The van der Waals surface area contributed by atoms with Gasteiger partial charge in [-0.1, -0.05) is 6.08 Å². The van der Waals surface area contributed by atoms with Crippen molar-refractivity contribution < 1.29 is 9.21 Å². The van der Waals surface area contributed by atoms with E-state index in [4.69, 9.17) is 4.42 Å². The topological polar surface area (TPSA) is 33.5 Å². The van der Waals surface area contributed by atoms with E-state index in [1.54, 1.807) is 23.1 Å². The predicted molar refractivity (Wildman–Crippen MR) is 60.7 cm³/mol. The summed E-state index contributed by atoms with van der Waals surface area (Å²) in [6, 6.07) is 3.79. The van der Waals surface area contributed by atoms with E-state index >= 15 is 0 Å². The van der Waals surface area contributed by atoms with Crippen LogP contribution in [0.1, 0.15) is 23.4 Å². The SMILES string of the molecule is C=CCN(C(=O)c1ccc(Br)o1)C1CC1. The number of rotatable bonds is 4. The van der Waals surface area contributed by atoms with E-state index in [0.29, 0.717) is 23.0 Å². The van der Waals surface area contributed by atoms with Crippen LogP contribution in [-0.4, -0.2) is 23.4 Å². The number of halogens is 1. The molecule has 1 heterocycles. The fourth-order valence-electron chi connectivity index (χ4n) is 1.49. The predicted octanol–water partition coefficient (Wildman–Crippen LogP) is 2.83. The van der Waals surface area contributed by atoms with E-state index in [0.717, 1.165) is 12.8 Å². The highest BCUT2D eigenvalue weighted by Crippen LogP contribution is 2.28. The molecule has 4 heteroatoms. The van der Waals surface area contributed by atoms with Gasteiger partial charge in [0.1, 0.15) is 0 Å². The molecule has 1 aromatic rings. The van der Waals surface area contributed by atoms with Gasteiger partial charge in [0.2, 0.25) is 0 Å². The van der Waals surface area contributed by atoms with Crippen molar-refractivity contribution in [3.8, 4) is 0 Å². The van der Waals surface area contributed by atoms with Crippen molar-refractivity contribution in [2.45, 2.75) is 18.9 Å². The molecule has 1 amide bonds. The van der Waals surface area contributed by atoms with Crippen molar-refractivity contribution in [1.82, 2.24) is 4.90 Å². The number of amides is 1. The molecule has 0 saturated heterocycles. The third-order valence-corrected chi connectivity index (χ3v) is 2.78. The molecule has 1 aliphatic carbocycles. The quantitative estimate of drug-likeness (QED) is 0.788. The van der Waals surface area contributed by atoms with Gasteiger partial charge in [0.25, 0.3) is 5.91 Å². The summed E-state index contributed by atoms with van der Waals surface area (Å²) in [5.74, 6) is 0.332. The first kappa shape index (κ1) is 10.5. The van der Waals surface area contributed by atoms with Crippen LogP contribution in [0.5, 0.6) is 0 Å². The zero-order chi connectivity index (χ0) is 10.8. The van der Waals surface area contributed by atoms with Gasteiger partial charge in [-0.25, -0.2) is 0 Å². The number of carbonyl (C=O) groups excluding carboxylic acids is 1. The molecule has 1 saturated carbocycles. The van der Waals surface area contributed by atoms with E-state index in [2.05, 4.69) is 22.5 Å². The minimum Gasteiger partial charge on any atom is -0.444 e. The van der Waals surface area contributed by atoms with Crippen molar-refractivity contribution in [3.05, 3.63) is 35.2 Å². The smallest absolute Gasteiger partial charge is 0.290 e. The fourth-order valence-corrected chi connectivity index (χ4v) is 1.80. The lowest BCUT2D eigenvalue weighted by Crippen LogP contribution is -2.32. The standard InChI is InChI=1S/C11H12BrNO2/c1-2-7-13(8-3-4-8)11(14)9-5-6-10(12)15-9/h2,5-6,8H,1,3-4,7H2. The van der Waals surface area contributed by atoms with Crippen LogP contribution in [0.4, 0.5) is 0 Å². The Morgan fingerprint density at radius 1 is 1.67 bits per heavy atom. The van der Waals surface area contributed by atoms with Crippen molar-refractivity contribution in [3.63, 3.8) is 0 Å². The summed E-state index contributed by atoms with van der Waals surface area (Å²) in [5.41, 5.74) is 0. The maximum atomic E-state index is 12.0. The van der Waals surface area contributed by atoms with Crippen LogP contribution in [0.3, 0.4) is 0 Å². The van der Waals surface area contributed by atoms with E-state index in [-0.39, 0.29) is 5.91 Å². The first-order chi connectivity index (χ1) is 7.22. The summed E-state index contributed by atoms with van der Waals surface area (Å²) < 4.78 is 5.83. The molecule has 1 fully saturated rings. The molecule has 3 nitrogen and oxygen atoms in total. The molecule has 0 N–H and O–H groups in total. The van der Waals surface area contributed by atoms with E-state index in [1.807, 2.05) is 0 Å². The van der Waals surface area contributed by atoms with Crippen LogP contribution in [0.2, 0.25) is 0 Å². The molecule has 0 spiro atoms. The van der Waals surface area contributed by atoms with Crippen LogP contribution in [-0.2, 0) is 0 Å². The van der Waals surface area contributed by atoms with Gasteiger partial charge in [0.05, 0.1) is 0 Å². The van der Waals surface area contributed by atoms with Gasteiger partial charge in [-0.2, -0.15) is 0 Å². The molecule has 80 valence electrons. The Hall–Kier alpha value is -1.03. The maximum absolute atomic E-state index is 12.0. The second kappa shape index (κ2) is 4.23. The van der Waals surface area contributed by atoms with Crippen LogP contribution in [0, 0.1) is 0 Å². The summed E-state index contributed by atoms with van der Waals surface area (Å²) in [4.78, 5) is 13.8. The first-order valence-corrected chi connectivity index (χ1v) is 5.69. The first-order valence-electron chi connectivity index (χ1n) is 4.89. The Morgan fingerprint density at radius 2 is 2.40 bits per heavy atom. The normalized spacial score (nSPS) is 15.0. The lowest BCUT2D eigenvalue weighted by molar-refractivity contribution is 0.0729. The van der Waals surface area contributed by atoms with Gasteiger partial charge in [-0.05, 0) is 40.9 Å². The zero-order valence-corrected chi connectivity index (χ0v) is 9.87. The van der Waals surface area contributed by atoms with E-state index in [9.17, 15) is 4.79 Å². The molecule has 15 heavy (non-hydrogen) atoms. The molecule has 1 aliphatic rings. The molecule has 0 aromatic carbocycles. The second-order valence-corrected chi connectivity index (χ2v) is 4.36. The van der Waals surface area contributed by atoms with Crippen LogP contribution >= 0.6 is 15.9 Å². The van der Waals surface area contributed by atoms with Crippen LogP contribution < -0.4 is 0 Å². The minimum atomic E-state index is -0.0527. The highest BCUT2D eigenvalue weighted by atomic mass is 79.9. The number of hydrogen-bond acceptors (Lipinski definition) is 2. The fraction of sp³-hybridized carbons (Fsp3) is 0.364. The average molecular weight is 270 g/mol. The van der Waals surface area contributed by atoms with Gasteiger partial charge < -0.3 is 9.32 Å². The van der Waals surface area contributed by atoms with Crippen molar-refractivity contribution in [2.24, 2.45) is 0 Å². The Balaban J connectivity index is 2.13. The molecular weight excluding hydrogens is 258 g/mol. The lowest BCUT2D eigenvalue weighted by Gasteiger charge is -2.18. The van der Waals surface area contributed by atoms with Gasteiger partial charge in [-0.15, -0.1) is 6.58 Å². The van der Waals surface area contributed by atoms with Gasteiger partial charge in [0.15, 0.2) is 10.4 Å². The second-order valence-electron chi connectivity index (χ2n) is 3.58. The Kier molecular flexibility index (Phi) is 2.95. The third-order valence-electron chi connectivity index (χ3n) is 2.36. The number of nitrogens with zero attached hydrogens (tertiary/aromatic N) is 1. The molecule has 0 unspecified atom stereocenters. The molecule has 0 radical (unpaired) electrons. The summed E-state index contributed by atoms with van der Waals surface area (Å²) in [5, 5.41) is 0. The summed E-state index contributed by atoms with van der Waals surface area (Å²) in [6.45, 7) is 4.24. The highest BCUT2D eigenvalue weighted by molar-refractivity contribution is 9.10. The van der Waals surface area contributed by atoms with Gasteiger partial charge in [0, 0.05) is 12.6 Å². The monoisotopic (exact) mass is 269 g/mol. The largest absolute Gasteiger partial charge is 0.444 e. The Bertz CT molecular complexity index is 382. The average Bonchev–Trinajstić information content (AvgIpc) is 2.96. The number of furan rings is 1. The highest BCUT2D eigenvalue weighted by Gasteiger charge is 2.33. The summed E-state index contributed by atoms with van der Waals surface area (Å²) in [6.07, 6.45) is 3.91. The number of carbonyl (C=O) groups is 1. The minimum absolute atomic E-state index is 0.0527. The zero-order valence-electron chi connectivity index (χ0n) is 8.28. The van der Waals surface area contributed by atoms with Crippen molar-refractivity contribution >= 4 is 21.8 Å². The van der Waals surface area contributed by atoms with Gasteiger partial charge in [-0.3, -0.25) is 4.79 Å². The van der Waals surface area contributed by atoms with Gasteiger partial charge >= 0.3 is 0 Å². The van der Waals surface area contributed by atoms with Crippen LogP contribution in [0.15, 0.2) is 33.9 Å². The van der Waals surface area contributed by atoms with Crippen LogP contribution in [0.25, 0.3) is 0 Å². The third kappa shape index (κ3) is 2.31. The molecule has 0 bridgehead atoms. The summed E-state index contributed by atoms with van der Waals surface area (Å²) in [7, 11) is 0. The van der Waals surface area contributed by atoms with E-state index < -0.39 is 0 Å². The Morgan fingerprint density at radius 3 is 2.87 bits per heavy atom. The molecule has 2 rings (SSSR count). The van der Waals surface area contributed by atoms with Crippen molar-refractivity contribution in [2.75, 3.05) is 6.54 Å². The maximum Gasteiger partial charge on any atom is 0.290 e. The molecule has 0 atom stereocenters. The number of hydrogen-bond donors (Lipinski definition) is 0. The molecule has 1 aromatic heterocycles. The molecular formula is C11H12BrNO2. The molecule has 0 aliphatic heterocycles. The summed E-state index contributed by atoms with van der Waals surface area (Å²) >= 11 is 3.18.